The molecule has 0 aromatic heterocycles. The lowest BCUT2D eigenvalue weighted by atomic mass is 10.1. The Balaban J connectivity index is 1.59. The molecule has 2 fully saturated rings. The van der Waals surface area contributed by atoms with E-state index in [1.54, 1.807) is 23.1 Å². The zero-order valence-corrected chi connectivity index (χ0v) is 17.5. The van der Waals surface area contributed by atoms with E-state index in [2.05, 4.69) is 15.6 Å². The molecule has 1 saturated heterocycles. The van der Waals surface area contributed by atoms with E-state index in [1.807, 2.05) is 0 Å². The summed E-state index contributed by atoms with van der Waals surface area (Å²) in [5.41, 5.74) is 0. The minimum absolute atomic E-state index is 0.0942. The van der Waals surface area contributed by atoms with Crippen LogP contribution in [-0.4, -0.2) is 81.9 Å². The molecule has 26 heavy (non-hydrogen) atoms. The summed E-state index contributed by atoms with van der Waals surface area (Å²) in [6, 6.07) is 0. The van der Waals surface area contributed by atoms with E-state index in [-0.39, 0.29) is 5.75 Å². The van der Waals surface area contributed by atoms with Crippen LogP contribution in [0, 0.1) is 0 Å². The van der Waals surface area contributed by atoms with Gasteiger partial charge >= 0.3 is 0 Å². The number of aliphatic imine (C=N–C) groups is 1. The summed E-state index contributed by atoms with van der Waals surface area (Å²) < 4.78 is 32.2. The van der Waals surface area contributed by atoms with Gasteiger partial charge in [-0.15, -0.1) is 0 Å². The molecule has 2 aliphatic rings. The highest BCUT2D eigenvalue weighted by Crippen LogP contribution is 2.19. The SMILES string of the molecule is CN=C(NCCOC1CCCCCC1)NCCS(=O)(=O)N1CCSCC1. The number of sulfonamides is 1. The fourth-order valence-electron chi connectivity index (χ4n) is 3.28. The average molecular weight is 407 g/mol. The third kappa shape index (κ3) is 8.02. The molecular formula is C17H34N4O3S2. The second kappa shape index (κ2) is 12.0. The molecule has 9 heteroatoms. The first kappa shape index (κ1) is 21.8. The highest BCUT2D eigenvalue weighted by atomic mass is 32.2. The summed E-state index contributed by atoms with van der Waals surface area (Å²) in [5, 5.41) is 6.28. The molecule has 0 aromatic carbocycles. The summed E-state index contributed by atoms with van der Waals surface area (Å²) in [7, 11) is -1.49. The largest absolute Gasteiger partial charge is 0.376 e. The van der Waals surface area contributed by atoms with E-state index < -0.39 is 10.0 Å². The van der Waals surface area contributed by atoms with Crippen molar-refractivity contribution in [3.05, 3.63) is 0 Å². The Morgan fingerprint density at radius 2 is 1.77 bits per heavy atom. The molecule has 1 aliphatic heterocycles. The zero-order valence-electron chi connectivity index (χ0n) is 15.9. The Bertz CT molecular complexity index is 514. The van der Waals surface area contributed by atoms with Gasteiger partial charge in [0.2, 0.25) is 10.0 Å². The van der Waals surface area contributed by atoms with E-state index in [0.717, 1.165) is 11.5 Å². The van der Waals surface area contributed by atoms with Crippen molar-refractivity contribution >= 4 is 27.7 Å². The smallest absolute Gasteiger partial charge is 0.215 e. The fourth-order valence-corrected chi connectivity index (χ4v) is 5.77. The third-order valence-corrected chi connectivity index (χ3v) is 7.60. The van der Waals surface area contributed by atoms with Crippen molar-refractivity contribution < 1.29 is 13.2 Å². The third-order valence-electron chi connectivity index (χ3n) is 4.79. The molecule has 0 aromatic rings. The number of guanidine groups is 1. The lowest BCUT2D eigenvalue weighted by molar-refractivity contribution is 0.0468. The van der Waals surface area contributed by atoms with E-state index in [4.69, 9.17) is 4.74 Å². The lowest BCUT2D eigenvalue weighted by Gasteiger charge is -2.25. The molecule has 1 heterocycles. The molecule has 0 radical (unpaired) electrons. The van der Waals surface area contributed by atoms with E-state index in [9.17, 15) is 8.42 Å². The van der Waals surface area contributed by atoms with Crippen molar-refractivity contribution in [2.45, 2.75) is 44.6 Å². The summed E-state index contributed by atoms with van der Waals surface area (Å²) in [5.74, 6) is 2.49. The monoisotopic (exact) mass is 406 g/mol. The molecule has 2 rings (SSSR count). The van der Waals surface area contributed by atoms with Gasteiger partial charge in [-0.2, -0.15) is 11.8 Å². The van der Waals surface area contributed by atoms with E-state index in [0.29, 0.717) is 44.8 Å². The molecule has 0 unspecified atom stereocenters. The van der Waals surface area contributed by atoms with Crippen LogP contribution in [-0.2, 0) is 14.8 Å². The quantitative estimate of drug-likeness (QED) is 0.273. The molecule has 0 spiro atoms. The molecule has 0 atom stereocenters. The number of hydrogen-bond acceptors (Lipinski definition) is 5. The number of hydrogen-bond donors (Lipinski definition) is 2. The predicted molar refractivity (Wildman–Crippen MR) is 109 cm³/mol. The molecule has 2 N–H and O–H groups in total. The Morgan fingerprint density at radius 3 is 2.42 bits per heavy atom. The van der Waals surface area contributed by atoms with Crippen molar-refractivity contribution in [3.63, 3.8) is 0 Å². The Hall–Kier alpha value is -0.510. The van der Waals surface area contributed by atoms with Crippen molar-refractivity contribution in [2.24, 2.45) is 4.99 Å². The van der Waals surface area contributed by atoms with Gasteiger partial charge in [0.15, 0.2) is 5.96 Å². The lowest BCUT2D eigenvalue weighted by Crippen LogP contribution is -2.44. The molecule has 152 valence electrons. The zero-order chi connectivity index (χ0) is 18.7. The van der Waals surface area contributed by atoms with Gasteiger partial charge in [-0.3, -0.25) is 4.99 Å². The Labute approximate surface area is 162 Å². The summed E-state index contributed by atoms with van der Waals surface area (Å²) >= 11 is 1.81. The fraction of sp³-hybridized carbons (Fsp3) is 0.941. The van der Waals surface area contributed by atoms with Crippen LogP contribution in [0.3, 0.4) is 0 Å². The first-order valence-corrected chi connectivity index (χ1v) is 12.5. The summed E-state index contributed by atoms with van der Waals surface area (Å²) in [4.78, 5) is 4.15. The normalized spacial score (nSPS) is 21.3. The molecule has 0 amide bonds. The van der Waals surface area contributed by atoms with Crippen LogP contribution in [0.15, 0.2) is 4.99 Å². The molecule has 1 saturated carbocycles. The second-order valence-corrected chi connectivity index (χ2v) is 10.1. The van der Waals surface area contributed by atoms with Crippen LogP contribution >= 0.6 is 11.8 Å². The van der Waals surface area contributed by atoms with Gasteiger partial charge in [0.25, 0.3) is 0 Å². The first-order chi connectivity index (χ1) is 12.6. The highest BCUT2D eigenvalue weighted by Gasteiger charge is 2.23. The van der Waals surface area contributed by atoms with Gasteiger partial charge in [-0.05, 0) is 12.8 Å². The first-order valence-electron chi connectivity index (χ1n) is 9.73. The van der Waals surface area contributed by atoms with Crippen LogP contribution in [0.1, 0.15) is 38.5 Å². The number of rotatable bonds is 8. The number of ether oxygens (including phenoxy) is 1. The van der Waals surface area contributed by atoms with Crippen LogP contribution in [0.25, 0.3) is 0 Å². The maximum absolute atomic E-state index is 12.3. The summed E-state index contributed by atoms with van der Waals surface area (Å²) in [6.45, 7) is 2.92. The van der Waals surface area contributed by atoms with Gasteiger partial charge in [-0.25, -0.2) is 12.7 Å². The van der Waals surface area contributed by atoms with Crippen LogP contribution in [0.5, 0.6) is 0 Å². The minimum atomic E-state index is -3.18. The summed E-state index contributed by atoms with van der Waals surface area (Å²) in [6.07, 6.45) is 7.92. The standard InChI is InChI=1S/C17H34N4O3S2/c1-18-17(19-8-12-24-16-6-4-2-3-5-7-16)20-9-15-26(22,23)21-10-13-25-14-11-21/h16H,2-15H2,1H3,(H2,18,19,20). The Morgan fingerprint density at radius 1 is 1.12 bits per heavy atom. The van der Waals surface area contributed by atoms with Gasteiger partial charge in [-0.1, -0.05) is 25.7 Å². The van der Waals surface area contributed by atoms with Crippen molar-refractivity contribution in [1.82, 2.24) is 14.9 Å². The predicted octanol–water partition coefficient (Wildman–Crippen LogP) is 1.27. The van der Waals surface area contributed by atoms with Crippen molar-refractivity contribution in [3.8, 4) is 0 Å². The van der Waals surface area contributed by atoms with Crippen LogP contribution in [0.2, 0.25) is 0 Å². The van der Waals surface area contributed by atoms with Gasteiger partial charge in [0.05, 0.1) is 18.5 Å². The molecular weight excluding hydrogens is 372 g/mol. The highest BCUT2D eigenvalue weighted by molar-refractivity contribution is 7.99. The minimum Gasteiger partial charge on any atom is -0.376 e. The maximum Gasteiger partial charge on any atom is 0.215 e. The van der Waals surface area contributed by atoms with E-state index in [1.165, 1.54) is 38.5 Å². The second-order valence-electron chi connectivity index (χ2n) is 6.74. The van der Waals surface area contributed by atoms with Gasteiger partial charge < -0.3 is 15.4 Å². The molecule has 1 aliphatic carbocycles. The van der Waals surface area contributed by atoms with Crippen molar-refractivity contribution in [1.29, 1.82) is 0 Å². The number of thioether (sulfide) groups is 1. The molecule has 0 bridgehead atoms. The Kier molecular flexibility index (Phi) is 10.1. The maximum atomic E-state index is 12.3. The van der Waals surface area contributed by atoms with Crippen molar-refractivity contribution in [2.75, 3.05) is 57.1 Å². The topological polar surface area (TPSA) is 83.0 Å². The van der Waals surface area contributed by atoms with Crippen LogP contribution < -0.4 is 10.6 Å². The van der Waals surface area contributed by atoms with Crippen LogP contribution in [0.4, 0.5) is 0 Å². The van der Waals surface area contributed by atoms with E-state index >= 15 is 0 Å². The number of nitrogens with one attached hydrogen (secondary N) is 2. The molecule has 7 nitrogen and oxygen atoms in total. The number of nitrogens with zero attached hydrogens (tertiary/aromatic N) is 2. The average Bonchev–Trinajstić information content (AvgIpc) is 2.93. The van der Waals surface area contributed by atoms with Gasteiger partial charge in [0.1, 0.15) is 0 Å². The van der Waals surface area contributed by atoms with Gasteiger partial charge in [0, 0.05) is 44.7 Å².